The summed E-state index contributed by atoms with van der Waals surface area (Å²) in [6.07, 6.45) is 2.30. The largest absolute Gasteiger partial charge is 0.353 e. The number of carbonyl (C=O) groups is 1. The first-order chi connectivity index (χ1) is 12.6. The molecule has 1 fully saturated rings. The predicted octanol–water partition coefficient (Wildman–Crippen LogP) is 2.79. The Morgan fingerprint density at radius 3 is 3.12 bits per heavy atom. The van der Waals surface area contributed by atoms with Crippen LogP contribution in [0.4, 0.5) is 10.1 Å². The molecule has 0 saturated carbocycles. The third-order valence-electron chi connectivity index (χ3n) is 3.68. The minimum atomic E-state index is -0.420. The van der Waals surface area contributed by atoms with E-state index in [2.05, 4.69) is 36.6 Å². The molecule has 26 heavy (non-hydrogen) atoms. The van der Waals surface area contributed by atoms with Crippen LogP contribution in [0.5, 0.6) is 0 Å². The Morgan fingerprint density at radius 1 is 1.54 bits per heavy atom. The van der Waals surface area contributed by atoms with Crippen molar-refractivity contribution in [2.75, 3.05) is 5.75 Å². The first-order valence-electron chi connectivity index (χ1n) is 7.75. The van der Waals surface area contributed by atoms with Crippen LogP contribution in [0.3, 0.4) is 0 Å². The molecule has 1 aliphatic heterocycles. The number of piperidine rings is 1. The van der Waals surface area contributed by atoms with Gasteiger partial charge in [0.1, 0.15) is 5.82 Å². The summed E-state index contributed by atoms with van der Waals surface area (Å²) in [6.45, 7) is 0. The van der Waals surface area contributed by atoms with Crippen LogP contribution in [0.1, 0.15) is 25.0 Å². The number of nitrogens with zero attached hydrogens (tertiary/aromatic N) is 3. The lowest BCUT2D eigenvalue weighted by Crippen LogP contribution is -2.40. The number of benzene rings is 1. The van der Waals surface area contributed by atoms with Crippen molar-refractivity contribution in [3.8, 4) is 0 Å². The summed E-state index contributed by atoms with van der Waals surface area (Å²) in [5.74, 6) is 0.228. The lowest BCUT2D eigenvalue weighted by molar-refractivity contribution is -0.123. The Morgan fingerprint density at radius 2 is 2.38 bits per heavy atom. The molecule has 2 heterocycles. The molecule has 2 aromatic rings. The van der Waals surface area contributed by atoms with Crippen LogP contribution in [0.2, 0.25) is 0 Å². The molecule has 0 spiro atoms. The minimum absolute atomic E-state index is 0.0138. The number of hydrogen-bond donors (Lipinski definition) is 3. The molecular formula is C15H15BrFN5O3S. The number of hydrogen-bond acceptors (Lipinski definition) is 7. The Bertz CT molecular complexity index is 831. The van der Waals surface area contributed by atoms with Gasteiger partial charge in [-0.3, -0.25) is 15.5 Å². The highest BCUT2D eigenvalue weighted by molar-refractivity contribution is 9.10. The number of nitrogens with one attached hydrogen (secondary N) is 2. The van der Waals surface area contributed by atoms with Gasteiger partial charge in [-0.1, -0.05) is 11.8 Å². The van der Waals surface area contributed by atoms with Crippen molar-refractivity contribution in [2.45, 2.75) is 30.3 Å². The van der Waals surface area contributed by atoms with E-state index in [1.54, 1.807) is 0 Å². The van der Waals surface area contributed by atoms with Gasteiger partial charge in [-0.2, -0.15) is 0 Å². The quantitative estimate of drug-likeness (QED) is 0.281. The van der Waals surface area contributed by atoms with Gasteiger partial charge in [-0.15, -0.1) is 0 Å². The molecule has 1 aromatic heterocycles. The molecular weight excluding hydrogens is 429 g/mol. The van der Waals surface area contributed by atoms with Gasteiger partial charge in [-0.05, 0) is 57.3 Å². The number of hydroxylamine groups is 1. The number of thioether (sulfide) groups is 1. The Balaban J connectivity index is 1.75. The summed E-state index contributed by atoms with van der Waals surface area (Å²) in [5, 5.41) is 20.4. The third-order valence-corrected chi connectivity index (χ3v) is 5.39. The van der Waals surface area contributed by atoms with Gasteiger partial charge in [0.25, 0.3) is 0 Å². The molecule has 0 aliphatic carbocycles. The van der Waals surface area contributed by atoms with Crippen LogP contribution >= 0.6 is 27.7 Å². The molecule has 1 saturated heterocycles. The monoisotopic (exact) mass is 443 g/mol. The maximum absolute atomic E-state index is 13.3. The number of amidine groups is 1. The first-order valence-corrected chi connectivity index (χ1v) is 9.53. The highest BCUT2D eigenvalue weighted by Gasteiger charge is 2.22. The summed E-state index contributed by atoms with van der Waals surface area (Å²) in [6, 6.07) is 4.21. The van der Waals surface area contributed by atoms with Crippen molar-refractivity contribution in [1.82, 2.24) is 21.1 Å². The van der Waals surface area contributed by atoms with E-state index in [9.17, 15) is 14.4 Å². The van der Waals surface area contributed by atoms with Gasteiger partial charge in [-0.25, -0.2) is 14.0 Å². The van der Waals surface area contributed by atoms with Gasteiger partial charge < -0.3 is 5.32 Å². The second-order valence-corrected chi connectivity index (χ2v) is 7.42. The van der Waals surface area contributed by atoms with E-state index in [0.717, 1.165) is 12.8 Å². The van der Waals surface area contributed by atoms with Crippen LogP contribution in [0, 0.1) is 5.82 Å². The van der Waals surface area contributed by atoms with E-state index in [4.69, 9.17) is 4.63 Å². The van der Waals surface area contributed by atoms with Gasteiger partial charge >= 0.3 is 0 Å². The first kappa shape index (κ1) is 18.8. The fourth-order valence-electron chi connectivity index (χ4n) is 2.42. The normalized spacial score (nSPS) is 17.9. The predicted molar refractivity (Wildman–Crippen MR) is 96.0 cm³/mol. The van der Waals surface area contributed by atoms with E-state index < -0.39 is 5.82 Å². The van der Waals surface area contributed by atoms with Crippen molar-refractivity contribution in [2.24, 2.45) is 4.99 Å². The molecule has 3 rings (SSSR count). The van der Waals surface area contributed by atoms with Crippen LogP contribution in [-0.2, 0) is 4.79 Å². The molecule has 11 heteroatoms. The molecule has 1 amide bonds. The maximum Gasteiger partial charge on any atom is 0.220 e. The Labute approximate surface area is 160 Å². The highest BCUT2D eigenvalue weighted by atomic mass is 79.9. The number of amides is 1. The Hall–Kier alpha value is -1.98. The number of aliphatic imine (C=N–C) groups is 1. The van der Waals surface area contributed by atoms with E-state index in [0.29, 0.717) is 22.9 Å². The molecule has 8 nitrogen and oxygen atoms in total. The lowest BCUT2D eigenvalue weighted by Gasteiger charge is -2.22. The molecule has 0 radical (unpaired) electrons. The molecule has 1 unspecified atom stereocenters. The third kappa shape index (κ3) is 4.59. The molecule has 1 aromatic carbocycles. The van der Waals surface area contributed by atoms with E-state index >= 15 is 0 Å². The molecule has 3 N–H and O–H groups in total. The smallest absolute Gasteiger partial charge is 0.220 e. The fourth-order valence-corrected chi connectivity index (χ4v) is 3.75. The average Bonchev–Trinajstić information content (AvgIpc) is 3.09. The summed E-state index contributed by atoms with van der Waals surface area (Å²) < 4.78 is 18.3. The molecule has 138 valence electrons. The number of halogens is 2. The van der Waals surface area contributed by atoms with Crippen LogP contribution in [-0.4, -0.2) is 39.1 Å². The topological polar surface area (TPSA) is 113 Å². The zero-order valence-corrected chi connectivity index (χ0v) is 15.8. The number of aromatic nitrogens is 2. The lowest BCUT2D eigenvalue weighted by atomic mass is 10.1. The van der Waals surface area contributed by atoms with Crippen molar-refractivity contribution in [1.29, 1.82) is 0 Å². The number of carbonyl (C=O) groups excluding carboxylic acids is 1. The Kier molecular flexibility index (Phi) is 6.22. The summed E-state index contributed by atoms with van der Waals surface area (Å²) in [7, 11) is 0. The minimum Gasteiger partial charge on any atom is -0.353 e. The van der Waals surface area contributed by atoms with Gasteiger partial charge in [0.05, 0.1) is 10.2 Å². The highest BCUT2D eigenvalue weighted by Crippen LogP contribution is 2.25. The summed E-state index contributed by atoms with van der Waals surface area (Å²) in [5.41, 5.74) is 2.59. The number of rotatable bonds is 5. The van der Waals surface area contributed by atoms with Crippen LogP contribution in [0.15, 0.2) is 37.3 Å². The SMILES string of the molecule is O=C1CCCC(CSc2nonc2C(=Nc2ccc(F)c(Br)c2)NO)N1. The van der Waals surface area contributed by atoms with Crippen molar-refractivity contribution in [3.05, 3.63) is 34.2 Å². The van der Waals surface area contributed by atoms with E-state index in [-0.39, 0.29) is 28.0 Å². The second kappa shape index (κ2) is 8.60. The second-order valence-electron chi connectivity index (χ2n) is 5.56. The van der Waals surface area contributed by atoms with Gasteiger partial charge in [0, 0.05) is 18.2 Å². The fraction of sp³-hybridized carbons (Fsp3) is 0.333. The molecule has 0 bridgehead atoms. The van der Waals surface area contributed by atoms with Gasteiger partial charge in [0.2, 0.25) is 5.91 Å². The van der Waals surface area contributed by atoms with E-state index in [1.807, 2.05) is 5.48 Å². The van der Waals surface area contributed by atoms with Crippen molar-refractivity contribution >= 4 is 45.1 Å². The average molecular weight is 444 g/mol. The molecule has 1 atom stereocenters. The van der Waals surface area contributed by atoms with Gasteiger partial charge in [0.15, 0.2) is 16.6 Å². The summed E-state index contributed by atoms with van der Waals surface area (Å²) >= 11 is 4.42. The van der Waals surface area contributed by atoms with Crippen LogP contribution in [0.25, 0.3) is 0 Å². The zero-order valence-electron chi connectivity index (χ0n) is 13.4. The maximum atomic E-state index is 13.3. The van der Waals surface area contributed by atoms with E-state index in [1.165, 1.54) is 30.0 Å². The zero-order chi connectivity index (χ0) is 18.5. The summed E-state index contributed by atoms with van der Waals surface area (Å²) in [4.78, 5) is 15.7. The van der Waals surface area contributed by atoms with Crippen molar-refractivity contribution in [3.63, 3.8) is 0 Å². The van der Waals surface area contributed by atoms with Crippen molar-refractivity contribution < 1.29 is 19.0 Å². The molecule has 1 aliphatic rings. The van der Waals surface area contributed by atoms with Crippen LogP contribution < -0.4 is 10.8 Å². The standard InChI is InChI=1S/C15H15BrFN5O3S/c16-10-6-8(4-5-11(10)17)19-14(20-24)13-15(22-25-21-13)26-7-9-2-1-3-12(23)18-9/h4-6,9,24H,1-3,7H2,(H,18,23)(H,19,20).